The third kappa shape index (κ3) is 4.54. The Labute approximate surface area is 133 Å². The lowest BCUT2D eigenvalue weighted by Crippen LogP contribution is -2.29. The molecule has 0 atom stereocenters. The van der Waals surface area contributed by atoms with Gasteiger partial charge in [-0.2, -0.15) is 0 Å². The van der Waals surface area contributed by atoms with Gasteiger partial charge in [-0.1, -0.05) is 6.07 Å². The van der Waals surface area contributed by atoms with Crippen molar-refractivity contribution >= 4 is 33.8 Å². The Morgan fingerprint density at radius 3 is 2.86 bits per heavy atom. The molecule has 0 amide bonds. The first-order valence-corrected chi connectivity index (χ1v) is 8.66. The first-order valence-electron chi connectivity index (χ1n) is 6.90. The standard InChI is InChI=1S/C15H20N2O2S2/c1-11(2)17(9-13-5-4-8-20-13)15-16-12(10-21-15)6-7-14(18)19-3/h4-5,8,10-11H,6-7,9H2,1-3H3. The van der Waals surface area contributed by atoms with Crippen molar-refractivity contribution in [3.05, 3.63) is 33.5 Å². The Bertz CT molecular complexity index is 564. The second-order valence-electron chi connectivity index (χ2n) is 5.00. The van der Waals surface area contributed by atoms with E-state index in [1.165, 1.54) is 12.0 Å². The van der Waals surface area contributed by atoms with E-state index in [0.717, 1.165) is 17.4 Å². The second-order valence-corrected chi connectivity index (χ2v) is 6.87. The van der Waals surface area contributed by atoms with Crippen LogP contribution in [0.4, 0.5) is 5.13 Å². The smallest absolute Gasteiger partial charge is 0.305 e. The molecule has 2 heterocycles. The summed E-state index contributed by atoms with van der Waals surface area (Å²) in [6, 6.07) is 4.60. The van der Waals surface area contributed by atoms with Crippen LogP contribution < -0.4 is 4.90 Å². The van der Waals surface area contributed by atoms with Crippen molar-refractivity contribution in [2.45, 2.75) is 39.3 Å². The number of carbonyl (C=O) groups is 1. The number of rotatable bonds is 7. The molecule has 0 aliphatic heterocycles. The molecule has 0 radical (unpaired) electrons. The van der Waals surface area contributed by atoms with E-state index < -0.39 is 0 Å². The number of esters is 1. The quantitative estimate of drug-likeness (QED) is 0.728. The van der Waals surface area contributed by atoms with Gasteiger partial charge >= 0.3 is 5.97 Å². The average Bonchev–Trinajstić information content (AvgIpc) is 3.13. The van der Waals surface area contributed by atoms with Crippen LogP contribution in [-0.2, 0) is 22.5 Å². The molecule has 0 aliphatic rings. The molecule has 2 rings (SSSR count). The molecule has 0 saturated carbocycles. The first kappa shape index (κ1) is 16.0. The molecule has 0 unspecified atom stereocenters. The summed E-state index contributed by atoms with van der Waals surface area (Å²) >= 11 is 3.40. The third-order valence-corrected chi connectivity index (χ3v) is 4.92. The van der Waals surface area contributed by atoms with E-state index in [1.54, 1.807) is 22.7 Å². The van der Waals surface area contributed by atoms with Gasteiger partial charge in [0.05, 0.1) is 25.8 Å². The molecule has 0 N–H and O–H groups in total. The van der Waals surface area contributed by atoms with E-state index in [0.29, 0.717) is 18.9 Å². The summed E-state index contributed by atoms with van der Waals surface area (Å²) in [6.45, 7) is 5.21. The Balaban J connectivity index is 2.03. The lowest BCUT2D eigenvalue weighted by atomic mass is 10.2. The summed E-state index contributed by atoms with van der Waals surface area (Å²) in [4.78, 5) is 19.5. The summed E-state index contributed by atoms with van der Waals surface area (Å²) in [5, 5.41) is 5.14. The maximum Gasteiger partial charge on any atom is 0.305 e. The van der Waals surface area contributed by atoms with Gasteiger partial charge in [0.1, 0.15) is 0 Å². The molecule has 2 aromatic heterocycles. The lowest BCUT2D eigenvalue weighted by Gasteiger charge is -2.25. The van der Waals surface area contributed by atoms with Crippen molar-refractivity contribution in [1.82, 2.24) is 4.98 Å². The molecule has 21 heavy (non-hydrogen) atoms. The molecule has 0 bridgehead atoms. The summed E-state index contributed by atoms with van der Waals surface area (Å²) in [5.74, 6) is -0.191. The van der Waals surface area contributed by atoms with Gasteiger partial charge in [0, 0.05) is 22.7 Å². The van der Waals surface area contributed by atoms with Gasteiger partial charge in [0.2, 0.25) is 0 Å². The van der Waals surface area contributed by atoms with Crippen LogP contribution in [0, 0.1) is 0 Å². The highest BCUT2D eigenvalue weighted by Gasteiger charge is 2.16. The summed E-state index contributed by atoms with van der Waals surface area (Å²) in [7, 11) is 1.41. The molecule has 4 nitrogen and oxygen atoms in total. The SMILES string of the molecule is COC(=O)CCc1csc(N(Cc2cccs2)C(C)C)n1. The average molecular weight is 324 g/mol. The number of aromatic nitrogens is 1. The highest BCUT2D eigenvalue weighted by Crippen LogP contribution is 2.26. The van der Waals surface area contributed by atoms with Crippen LogP contribution in [0.1, 0.15) is 30.8 Å². The number of thiazole rings is 1. The highest BCUT2D eigenvalue weighted by atomic mass is 32.1. The summed E-state index contributed by atoms with van der Waals surface area (Å²) < 4.78 is 4.66. The molecule has 0 aliphatic carbocycles. The fourth-order valence-electron chi connectivity index (χ4n) is 1.92. The summed E-state index contributed by atoms with van der Waals surface area (Å²) in [5.41, 5.74) is 0.956. The van der Waals surface area contributed by atoms with Crippen molar-refractivity contribution in [3.63, 3.8) is 0 Å². The van der Waals surface area contributed by atoms with E-state index in [-0.39, 0.29) is 5.97 Å². The van der Waals surface area contributed by atoms with Gasteiger partial charge in [-0.15, -0.1) is 22.7 Å². The van der Waals surface area contributed by atoms with Crippen molar-refractivity contribution < 1.29 is 9.53 Å². The number of hydrogen-bond acceptors (Lipinski definition) is 6. The van der Waals surface area contributed by atoms with E-state index in [9.17, 15) is 4.79 Å². The van der Waals surface area contributed by atoms with E-state index in [1.807, 2.05) is 5.38 Å². The molecular weight excluding hydrogens is 304 g/mol. The largest absolute Gasteiger partial charge is 0.469 e. The van der Waals surface area contributed by atoms with Gasteiger partial charge in [-0.3, -0.25) is 4.79 Å². The molecule has 0 saturated heterocycles. The predicted octanol–water partition coefficient (Wildman–Crippen LogP) is 3.73. The summed E-state index contributed by atoms with van der Waals surface area (Å²) in [6.07, 6.45) is 1.01. The van der Waals surface area contributed by atoms with E-state index >= 15 is 0 Å². The number of nitrogens with zero attached hydrogens (tertiary/aromatic N) is 2. The zero-order chi connectivity index (χ0) is 15.2. The third-order valence-electron chi connectivity index (χ3n) is 3.13. The molecule has 0 aromatic carbocycles. The lowest BCUT2D eigenvalue weighted by molar-refractivity contribution is -0.140. The van der Waals surface area contributed by atoms with Gasteiger partial charge in [-0.05, 0) is 25.3 Å². The van der Waals surface area contributed by atoms with Crippen LogP contribution in [0.3, 0.4) is 0 Å². The predicted molar refractivity (Wildman–Crippen MR) is 88.1 cm³/mol. The molecule has 0 fully saturated rings. The maximum absolute atomic E-state index is 11.2. The number of anilines is 1. The first-order chi connectivity index (χ1) is 10.1. The number of carbonyl (C=O) groups excluding carboxylic acids is 1. The topological polar surface area (TPSA) is 42.4 Å². The number of aryl methyl sites for hydroxylation is 1. The van der Waals surface area contributed by atoms with Crippen LogP contribution in [0.15, 0.2) is 22.9 Å². The van der Waals surface area contributed by atoms with Gasteiger partial charge < -0.3 is 9.64 Å². The van der Waals surface area contributed by atoms with Gasteiger partial charge in [0.25, 0.3) is 0 Å². The van der Waals surface area contributed by atoms with Crippen molar-refractivity contribution in [2.75, 3.05) is 12.0 Å². The second kappa shape index (κ2) is 7.56. The Hall–Kier alpha value is -1.40. The molecule has 0 spiro atoms. The van der Waals surface area contributed by atoms with Crippen LogP contribution >= 0.6 is 22.7 Å². The number of hydrogen-bond donors (Lipinski definition) is 0. The molecular formula is C15H20N2O2S2. The minimum absolute atomic E-state index is 0.191. The number of methoxy groups -OCH3 is 1. The van der Waals surface area contributed by atoms with Crippen molar-refractivity contribution in [3.8, 4) is 0 Å². The minimum Gasteiger partial charge on any atom is -0.469 e. The zero-order valence-electron chi connectivity index (χ0n) is 12.5. The minimum atomic E-state index is -0.191. The Morgan fingerprint density at radius 1 is 1.43 bits per heavy atom. The normalized spacial score (nSPS) is 10.9. The van der Waals surface area contributed by atoms with Crippen LogP contribution in [-0.4, -0.2) is 24.1 Å². The molecule has 6 heteroatoms. The van der Waals surface area contributed by atoms with Crippen LogP contribution in [0.2, 0.25) is 0 Å². The Morgan fingerprint density at radius 2 is 2.24 bits per heavy atom. The number of thiophene rings is 1. The molecule has 2 aromatic rings. The van der Waals surface area contributed by atoms with E-state index in [4.69, 9.17) is 0 Å². The van der Waals surface area contributed by atoms with Crippen molar-refractivity contribution in [1.29, 1.82) is 0 Å². The zero-order valence-corrected chi connectivity index (χ0v) is 14.2. The monoisotopic (exact) mass is 324 g/mol. The van der Waals surface area contributed by atoms with E-state index in [2.05, 4.69) is 46.0 Å². The molecule has 114 valence electrons. The maximum atomic E-state index is 11.2. The number of ether oxygens (including phenoxy) is 1. The Kier molecular flexibility index (Phi) is 5.76. The fraction of sp³-hybridized carbons (Fsp3) is 0.467. The van der Waals surface area contributed by atoms with Crippen LogP contribution in [0.25, 0.3) is 0 Å². The highest BCUT2D eigenvalue weighted by molar-refractivity contribution is 7.13. The fourth-order valence-corrected chi connectivity index (χ4v) is 3.61. The van der Waals surface area contributed by atoms with Crippen LogP contribution in [0.5, 0.6) is 0 Å². The van der Waals surface area contributed by atoms with Gasteiger partial charge in [-0.25, -0.2) is 4.98 Å². The van der Waals surface area contributed by atoms with Crippen molar-refractivity contribution in [2.24, 2.45) is 0 Å². The van der Waals surface area contributed by atoms with Gasteiger partial charge in [0.15, 0.2) is 5.13 Å².